The predicted molar refractivity (Wildman–Crippen MR) is 101 cm³/mol. The SMILES string of the molecule is CCOc1c(Br)cc(C(=O)N[C@@H](c2ccccc2)C2CC2)cc1OC. The second-order valence-electron chi connectivity index (χ2n) is 6.12. The van der Waals surface area contributed by atoms with Crippen molar-refractivity contribution >= 4 is 21.8 Å². The minimum Gasteiger partial charge on any atom is -0.493 e. The Balaban J connectivity index is 1.84. The highest BCUT2D eigenvalue weighted by Gasteiger charge is 2.33. The number of benzene rings is 2. The lowest BCUT2D eigenvalue weighted by Gasteiger charge is -2.20. The summed E-state index contributed by atoms with van der Waals surface area (Å²) in [6, 6.07) is 13.7. The molecular weight excluding hydrogens is 382 g/mol. The molecule has 1 aliphatic carbocycles. The number of carbonyl (C=O) groups excluding carboxylic acids is 1. The standard InChI is InChI=1S/C20H22BrNO3/c1-3-25-19-16(21)11-15(12-17(19)24-2)20(23)22-18(14-9-10-14)13-7-5-4-6-8-13/h4-8,11-12,14,18H,3,9-10H2,1-2H3,(H,22,23)/t18-/m0/s1. The number of rotatable bonds is 7. The van der Waals surface area contributed by atoms with Gasteiger partial charge in [0.05, 0.1) is 24.2 Å². The first-order valence-electron chi connectivity index (χ1n) is 8.50. The van der Waals surface area contributed by atoms with Gasteiger partial charge in [-0.3, -0.25) is 4.79 Å². The third-order valence-electron chi connectivity index (χ3n) is 4.32. The number of hydrogen-bond donors (Lipinski definition) is 1. The van der Waals surface area contributed by atoms with Crippen LogP contribution in [-0.4, -0.2) is 19.6 Å². The molecule has 0 bridgehead atoms. The molecule has 132 valence electrons. The summed E-state index contributed by atoms with van der Waals surface area (Å²) in [5.41, 5.74) is 1.70. The van der Waals surface area contributed by atoms with Crippen LogP contribution in [0.2, 0.25) is 0 Å². The van der Waals surface area contributed by atoms with E-state index < -0.39 is 0 Å². The highest BCUT2D eigenvalue weighted by Crippen LogP contribution is 2.41. The number of hydrogen-bond acceptors (Lipinski definition) is 3. The van der Waals surface area contributed by atoms with Gasteiger partial charge in [0.25, 0.3) is 5.91 Å². The number of carbonyl (C=O) groups is 1. The van der Waals surface area contributed by atoms with Gasteiger partial charge in [0.15, 0.2) is 11.5 Å². The molecule has 1 aliphatic rings. The van der Waals surface area contributed by atoms with Crippen molar-refractivity contribution < 1.29 is 14.3 Å². The zero-order valence-electron chi connectivity index (χ0n) is 14.4. The van der Waals surface area contributed by atoms with Crippen LogP contribution in [0.4, 0.5) is 0 Å². The van der Waals surface area contributed by atoms with E-state index in [-0.39, 0.29) is 11.9 Å². The van der Waals surface area contributed by atoms with Crippen LogP contribution >= 0.6 is 15.9 Å². The van der Waals surface area contributed by atoms with Gasteiger partial charge in [0.1, 0.15) is 0 Å². The fraction of sp³-hybridized carbons (Fsp3) is 0.350. The van der Waals surface area contributed by atoms with Crippen molar-refractivity contribution in [1.82, 2.24) is 5.32 Å². The van der Waals surface area contributed by atoms with Gasteiger partial charge in [-0.15, -0.1) is 0 Å². The van der Waals surface area contributed by atoms with E-state index in [1.165, 1.54) is 0 Å². The second-order valence-corrected chi connectivity index (χ2v) is 6.98. The van der Waals surface area contributed by atoms with E-state index in [1.54, 1.807) is 19.2 Å². The normalized spacial score (nSPS) is 14.7. The number of halogens is 1. The number of methoxy groups -OCH3 is 1. The minimum absolute atomic E-state index is 0.0463. The summed E-state index contributed by atoms with van der Waals surface area (Å²) in [6.45, 7) is 2.44. The van der Waals surface area contributed by atoms with E-state index in [0.29, 0.717) is 34.1 Å². The Bertz CT molecular complexity index is 744. The summed E-state index contributed by atoms with van der Waals surface area (Å²) in [4.78, 5) is 12.8. The van der Waals surface area contributed by atoms with Gasteiger partial charge in [-0.1, -0.05) is 30.3 Å². The molecule has 0 radical (unpaired) electrons. The molecule has 25 heavy (non-hydrogen) atoms. The summed E-state index contributed by atoms with van der Waals surface area (Å²) >= 11 is 3.48. The van der Waals surface area contributed by atoms with E-state index in [1.807, 2.05) is 25.1 Å². The maximum Gasteiger partial charge on any atom is 0.251 e. The van der Waals surface area contributed by atoms with Crippen molar-refractivity contribution in [2.24, 2.45) is 5.92 Å². The maximum absolute atomic E-state index is 12.8. The Morgan fingerprint density at radius 1 is 1.28 bits per heavy atom. The second kappa shape index (κ2) is 7.91. The van der Waals surface area contributed by atoms with Crippen LogP contribution < -0.4 is 14.8 Å². The molecule has 1 N–H and O–H groups in total. The number of nitrogens with one attached hydrogen (secondary N) is 1. The molecule has 1 atom stereocenters. The van der Waals surface area contributed by atoms with Gasteiger partial charge in [-0.2, -0.15) is 0 Å². The van der Waals surface area contributed by atoms with Crippen LogP contribution in [0.3, 0.4) is 0 Å². The fourth-order valence-electron chi connectivity index (χ4n) is 2.92. The predicted octanol–water partition coefficient (Wildman–Crippen LogP) is 4.74. The van der Waals surface area contributed by atoms with Gasteiger partial charge >= 0.3 is 0 Å². The van der Waals surface area contributed by atoms with Crippen LogP contribution in [0.25, 0.3) is 0 Å². The van der Waals surface area contributed by atoms with Gasteiger partial charge in [0, 0.05) is 5.56 Å². The van der Waals surface area contributed by atoms with Crippen molar-refractivity contribution in [1.29, 1.82) is 0 Å². The highest BCUT2D eigenvalue weighted by molar-refractivity contribution is 9.10. The Labute approximate surface area is 156 Å². The van der Waals surface area contributed by atoms with Crippen molar-refractivity contribution in [2.75, 3.05) is 13.7 Å². The molecule has 2 aromatic rings. The lowest BCUT2D eigenvalue weighted by molar-refractivity contribution is 0.0931. The summed E-state index contributed by atoms with van der Waals surface area (Å²) in [5.74, 6) is 1.56. The molecule has 4 nitrogen and oxygen atoms in total. The minimum atomic E-state index is -0.109. The molecule has 0 saturated heterocycles. The third-order valence-corrected chi connectivity index (χ3v) is 4.91. The molecule has 0 aromatic heterocycles. The quantitative estimate of drug-likeness (QED) is 0.726. The molecular formula is C20H22BrNO3. The largest absolute Gasteiger partial charge is 0.493 e. The zero-order valence-corrected chi connectivity index (χ0v) is 16.0. The lowest BCUT2D eigenvalue weighted by Crippen LogP contribution is -2.30. The van der Waals surface area contributed by atoms with Crippen LogP contribution in [0.1, 0.15) is 41.7 Å². The third kappa shape index (κ3) is 4.15. The average molecular weight is 404 g/mol. The summed E-state index contributed by atoms with van der Waals surface area (Å²) < 4.78 is 11.7. The van der Waals surface area contributed by atoms with Crippen LogP contribution in [0.5, 0.6) is 11.5 Å². The number of amides is 1. The average Bonchev–Trinajstić information content (AvgIpc) is 3.46. The van der Waals surface area contributed by atoms with Crippen LogP contribution in [-0.2, 0) is 0 Å². The first kappa shape index (κ1) is 17.8. The Kier molecular flexibility index (Phi) is 5.63. The molecule has 0 spiro atoms. The smallest absolute Gasteiger partial charge is 0.251 e. The van der Waals surface area contributed by atoms with Gasteiger partial charge in [-0.05, 0) is 59.3 Å². The molecule has 5 heteroatoms. The van der Waals surface area contributed by atoms with Crippen molar-refractivity contribution in [3.63, 3.8) is 0 Å². The van der Waals surface area contributed by atoms with Crippen LogP contribution in [0, 0.1) is 5.92 Å². The van der Waals surface area contributed by atoms with Gasteiger partial charge in [-0.25, -0.2) is 0 Å². The summed E-state index contributed by atoms with van der Waals surface area (Å²) in [6.07, 6.45) is 2.30. The number of ether oxygens (including phenoxy) is 2. The van der Waals surface area contributed by atoms with Crippen molar-refractivity contribution in [3.05, 3.63) is 58.1 Å². The molecule has 2 aromatic carbocycles. The maximum atomic E-state index is 12.8. The first-order valence-corrected chi connectivity index (χ1v) is 9.29. The van der Waals surface area contributed by atoms with Crippen LogP contribution in [0.15, 0.2) is 46.9 Å². The molecule has 3 rings (SSSR count). The Morgan fingerprint density at radius 3 is 2.60 bits per heavy atom. The molecule has 1 saturated carbocycles. The van der Waals surface area contributed by atoms with E-state index in [0.717, 1.165) is 18.4 Å². The molecule has 1 amide bonds. The molecule has 1 fully saturated rings. The lowest BCUT2D eigenvalue weighted by atomic mass is 10.0. The summed E-state index contributed by atoms with van der Waals surface area (Å²) in [7, 11) is 1.57. The monoisotopic (exact) mass is 403 g/mol. The van der Waals surface area contributed by atoms with Crippen molar-refractivity contribution in [3.8, 4) is 11.5 Å². The van der Waals surface area contributed by atoms with E-state index in [4.69, 9.17) is 9.47 Å². The van der Waals surface area contributed by atoms with Gasteiger partial charge < -0.3 is 14.8 Å². The fourth-order valence-corrected chi connectivity index (χ4v) is 3.48. The molecule has 0 heterocycles. The highest BCUT2D eigenvalue weighted by atomic mass is 79.9. The molecule has 0 unspecified atom stereocenters. The van der Waals surface area contributed by atoms with E-state index in [2.05, 4.69) is 33.4 Å². The van der Waals surface area contributed by atoms with E-state index in [9.17, 15) is 4.79 Å². The van der Waals surface area contributed by atoms with E-state index >= 15 is 0 Å². The topological polar surface area (TPSA) is 47.6 Å². The zero-order chi connectivity index (χ0) is 17.8. The molecule has 0 aliphatic heterocycles. The first-order chi connectivity index (χ1) is 12.1. The Hall–Kier alpha value is -2.01. The van der Waals surface area contributed by atoms with Gasteiger partial charge in [0.2, 0.25) is 0 Å². The Morgan fingerprint density at radius 2 is 2.00 bits per heavy atom. The summed E-state index contributed by atoms with van der Waals surface area (Å²) in [5, 5.41) is 3.19. The van der Waals surface area contributed by atoms with Crippen molar-refractivity contribution in [2.45, 2.75) is 25.8 Å².